The molecule has 0 aliphatic rings. The Labute approximate surface area is 81.4 Å². The highest BCUT2D eigenvalue weighted by atomic mass is 19.1. The van der Waals surface area contributed by atoms with E-state index in [1.54, 1.807) is 0 Å². The number of ether oxygens (including phenoxy) is 2. The molecular weight excluding hydrogens is 190 g/mol. The van der Waals surface area contributed by atoms with Crippen LogP contribution in [-0.4, -0.2) is 20.5 Å². The second-order valence-electron chi connectivity index (χ2n) is 2.80. The second kappa shape index (κ2) is 5.67. The predicted molar refractivity (Wildman–Crippen MR) is 47.9 cm³/mol. The van der Waals surface area contributed by atoms with Gasteiger partial charge in [0.1, 0.15) is 18.4 Å². The number of hydrogen-bond donors (Lipinski definition) is 0. The van der Waals surface area contributed by atoms with Gasteiger partial charge in [0.15, 0.2) is 0 Å². The Kier molecular flexibility index (Phi) is 4.49. The minimum Gasteiger partial charge on any atom is -0.359 e. The predicted octanol–water partition coefficient (Wildman–Crippen LogP) is 2.13. The van der Waals surface area contributed by atoms with Crippen LogP contribution in [0.5, 0.6) is 0 Å². The zero-order valence-electron chi connectivity index (χ0n) is 7.93. The average Bonchev–Trinajstić information content (AvgIpc) is 2.15. The van der Waals surface area contributed by atoms with Crippen LogP contribution in [0.15, 0.2) is 18.2 Å². The van der Waals surface area contributed by atoms with E-state index in [1.807, 2.05) is 0 Å². The van der Waals surface area contributed by atoms with Crippen LogP contribution in [0, 0.1) is 11.6 Å². The Morgan fingerprint density at radius 1 is 1.29 bits per heavy atom. The number of halogens is 2. The molecule has 0 aliphatic carbocycles. The first-order valence-corrected chi connectivity index (χ1v) is 4.24. The maximum absolute atomic E-state index is 13.0. The van der Waals surface area contributed by atoms with Crippen molar-refractivity contribution in [2.75, 3.05) is 20.5 Å². The summed E-state index contributed by atoms with van der Waals surface area (Å²) in [6, 6.07) is 3.52. The third-order valence-corrected chi connectivity index (χ3v) is 1.73. The van der Waals surface area contributed by atoms with Gasteiger partial charge in [-0.25, -0.2) is 8.78 Å². The summed E-state index contributed by atoms with van der Waals surface area (Å²) >= 11 is 0. The summed E-state index contributed by atoms with van der Waals surface area (Å²) in [7, 11) is 1.51. The van der Waals surface area contributed by atoms with E-state index < -0.39 is 11.6 Å². The van der Waals surface area contributed by atoms with Crippen LogP contribution < -0.4 is 0 Å². The monoisotopic (exact) mass is 202 g/mol. The molecule has 4 heteroatoms. The zero-order chi connectivity index (χ0) is 10.4. The lowest BCUT2D eigenvalue weighted by Crippen LogP contribution is -2.03. The van der Waals surface area contributed by atoms with Crippen LogP contribution in [-0.2, 0) is 15.9 Å². The number of methoxy groups -OCH3 is 1. The molecule has 0 aliphatic heterocycles. The molecule has 0 saturated carbocycles. The van der Waals surface area contributed by atoms with E-state index >= 15 is 0 Å². The standard InChI is InChI=1S/C10H12F2O2/c1-13-7-14-5-4-8-2-3-9(11)6-10(8)12/h2-3,6H,4-5,7H2,1H3. The number of rotatable bonds is 5. The van der Waals surface area contributed by atoms with Crippen LogP contribution >= 0.6 is 0 Å². The molecular formula is C10H12F2O2. The molecule has 0 bridgehead atoms. The highest BCUT2D eigenvalue weighted by Gasteiger charge is 2.02. The molecule has 0 N–H and O–H groups in total. The van der Waals surface area contributed by atoms with Crippen LogP contribution in [0.25, 0.3) is 0 Å². The molecule has 78 valence electrons. The molecule has 1 aromatic carbocycles. The third kappa shape index (κ3) is 3.40. The topological polar surface area (TPSA) is 18.5 Å². The molecule has 14 heavy (non-hydrogen) atoms. The van der Waals surface area contributed by atoms with Crippen LogP contribution in [0.1, 0.15) is 5.56 Å². The van der Waals surface area contributed by atoms with E-state index in [9.17, 15) is 8.78 Å². The fourth-order valence-corrected chi connectivity index (χ4v) is 1.05. The lowest BCUT2D eigenvalue weighted by atomic mass is 10.1. The lowest BCUT2D eigenvalue weighted by Gasteiger charge is -2.04. The van der Waals surface area contributed by atoms with E-state index in [0.29, 0.717) is 18.6 Å². The highest BCUT2D eigenvalue weighted by Crippen LogP contribution is 2.09. The Balaban J connectivity index is 2.42. The fourth-order valence-electron chi connectivity index (χ4n) is 1.05. The van der Waals surface area contributed by atoms with Gasteiger partial charge < -0.3 is 9.47 Å². The van der Waals surface area contributed by atoms with Gasteiger partial charge in [-0.05, 0) is 18.1 Å². The van der Waals surface area contributed by atoms with Crippen molar-refractivity contribution in [2.45, 2.75) is 6.42 Å². The van der Waals surface area contributed by atoms with Gasteiger partial charge >= 0.3 is 0 Å². The van der Waals surface area contributed by atoms with Crippen molar-refractivity contribution in [3.05, 3.63) is 35.4 Å². The van der Waals surface area contributed by atoms with Gasteiger partial charge in [-0.1, -0.05) is 6.07 Å². The first-order valence-electron chi connectivity index (χ1n) is 4.24. The third-order valence-electron chi connectivity index (χ3n) is 1.73. The van der Waals surface area contributed by atoms with E-state index in [1.165, 1.54) is 19.2 Å². The molecule has 0 radical (unpaired) electrons. The molecule has 0 saturated heterocycles. The molecule has 0 amide bonds. The molecule has 0 heterocycles. The van der Waals surface area contributed by atoms with Crippen molar-refractivity contribution in [3.8, 4) is 0 Å². The minimum absolute atomic E-state index is 0.183. The smallest absolute Gasteiger partial charge is 0.146 e. The normalized spacial score (nSPS) is 10.5. The van der Waals surface area contributed by atoms with Crippen LogP contribution in [0.3, 0.4) is 0 Å². The Morgan fingerprint density at radius 3 is 2.71 bits per heavy atom. The summed E-state index contributed by atoms with van der Waals surface area (Å²) in [5.74, 6) is -1.10. The number of benzene rings is 1. The van der Waals surface area contributed by atoms with Gasteiger partial charge in [0.2, 0.25) is 0 Å². The van der Waals surface area contributed by atoms with Gasteiger partial charge in [-0.15, -0.1) is 0 Å². The molecule has 1 aromatic rings. The van der Waals surface area contributed by atoms with Crippen molar-refractivity contribution in [1.82, 2.24) is 0 Å². The van der Waals surface area contributed by atoms with Gasteiger partial charge in [0.05, 0.1) is 6.61 Å². The first kappa shape index (κ1) is 11.1. The van der Waals surface area contributed by atoms with Gasteiger partial charge in [0.25, 0.3) is 0 Å². The molecule has 0 atom stereocenters. The largest absolute Gasteiger partial charge is 0.359 e. The average molecular weight is 202 g/mol. The Hall–Kier alpha value is -1.00. The second-order valence-corrected chi connectivity index (χ2v) is 2.80. The van der Waals surface area contributed by atoms with Crippen LogP contribution in [0.2, 0.25) is 0 Å². The maximum atomic E-state index is 13.0. The van der Waals surface area contributed by atoms with Crippen molar-refractivity contribution < 1.29 is 18.3 Å². The van der Waals surface area contributed by atoms with Crippen molar-refractivity contribution in [1.29, 1.82) is 0 Å². The maximum Gasteiger partial charge on any atom is 0.146 e. The molecule has 0 spiro atoms. The Bertz CT molecular complexity index is 289. The van der Waals surface area contributed by atoms with Crippen molar-refractivity contribution in [3.63, 3.8) is 0 Å². The van der Waals surface area contributed by atoms with E-state index in [0.717, 1.165) is 6.07 Å². The van der Waals surface area contributed by atoms with Gasteiger partial charge in [-0.3, -0.25) is 0 Å². The number of hydrogen-bond acceptors (Lipinski definition) is 2. The molecule has 1 rings (SSSR count). The first-order chi connectivity index (χ1) is 6.74. The zero-order valence-corrected chi connectivity index (χ0v) is 7.93. The van der Waals surface area contributed by atoms with E-state index in [-0.39, 0.29) is 6.79 Å². The molecule has 0 unspecified atom stereocenters. The SMILES string of the molecule is COCOCCc1ccc(F)cc1F. The summed E-state index contributed by atoms with van der Waals surface area (Å²) in [5.41, 5.74) is 0.447. The minimum atomic E-state index is -0.566. The lowest BCUT2D eigenvalue weighted by molar-refractivity contribution is -0.0293. The van der Waals surface area contributed by atoms with Crippen molar-refractivity contribution in [2.24, 2.45) is 0 Å². The fraction of sp³-hybridized carbons (Fsp3) is 0.400. The summed E-state index contributed by atoms with van der Waals surface area (Å²) in [5, 5.41) is 0. The molecule has 0 aromatic heterocycles. The summed E-state index contributed by atoms with van der Waals surface area (Å²) < 4.78 is 35.2. The van der Waals surface area contributed by atoms with Crippen LogP contribution in [0.4, 0.5) is 8.78 Å². The van der Waals surface area contributed by atoms with E-state index in [2.05, 4.69) is 4.74 Å². The summed E-state index contributed by atoms with van der Waals surface area (Å²) in [6.45, 7) is 0.541. The quantitative estimate of drug-likeness (QED) is 0.538. The highest BCUT2D eigenvalue weighted by molar-refractivity contribution is 5.18. The Morgan fingerprint density at radius 2 is 2.07 bits per heavy atom. The van der Waals surface area contributed by atoms with E-state index in [4.69, 9.17) is 4.74 Å². The van der Waals surface area contributed by atoms with Gasteiger partial charge in [0, 0.05) is 13.2 Å². The van der Waals surface area contributed by atoms with Crippen molar-refractivity contribution >= 4 is 0 Å². The summed E-state index contributed by atoms with van der Waals surface area (Å²) in [6.07, 6.45) is 0.412. The molecule has 0 fully saturated rings. The molecule has 2 nitrogen and oxygen atoms in total. The van der Waals surface area contributed by atoms with Gasteiger partial charge in [-0.2, -0.15) is 0 Å². The summed E-state index contributed by atoms with van der Waals surface area (Å²) in [4.78, 5) is 0.